The molecule has 8 aromatic carbocycles. The van der Waals surface area contributed by atoms with Gasteiger partial charge in [0.05, 0.1) is 11.0 Å². The molecule has 0 atom stereocenters. The highest BCUT2D eigenvalue weighted by atomic mass is 32.1. The fourth-order valence-corrected chi connectivity index (χ4v) is 15.9. The molecule has 0 spiro atoms. The minimum Gasteiger partial charge on any atom is -0.376 e. The van der Waals surface area contributed by atoms with Gasteiger partial charge in [0.25, 0.3) is 0 Å². The molecule has 3 aliphatic carbocycles. The van der Waals surface area contributed by atoms with Crippen molar-refractivity contribution >= 4 is 82.5 Å². The van der Waals surface area contributed by atoms with Crippen LogP contribution in [0.1, 0.15) is 128 Å². The van der Waals surface area contributed by atoms with Crippen LogP contribution < -0.4 is 15.7 Å². The first kappa shape index (κ1) is 41.4. The molecule has 4 heteroatoms. The number of thiophene rings is 1. The minimum absolute atomic E-state index is 0.0284. The second-order valence-corrected chi connectivity index (χ2v) is 26.2. The summed E-state index contributed by atoms with van der Waals surface area (Å²) < 4.78 is 5.55. The monoisotopic (exact) mass is 922 g/mol. The van der Waals surface area contributed by atoms with Gasteiger partial charge in [0, 0.05) is 64.4 Å². The molecular weight excluding hydrogens is 864 g/mol. The predicted octanol–water partition coefficient (Wildman–Crippen LogP) is 16.6. The second kappa shape index (κ2) is 12.9. The van der Waals surface area contributed by atoms with E-state index in [4.69, 9.17) is 0 Å². The smallest absolute Gasteiger partial charge is 0.333 e. The van der Waals surface area contributed by atoms with Crippen molar-refractivity contribution in [2.75, 3.05) is 4.81 Å². The molecule has 0 N–H and O–H groups in total. The molecule has 0 unspecified atom stereocenters. The van der Waals surface area contributed by atoms with Crippen molar-refractivity contribution in [1.29, 1.82) is 0 Å². The topological polar surface area (TPSA) is 8.17 Å². The number of nitrogens with zero attached hydrogens (tertiary/aromatic N) is 2. The standard InChI is InChI=1S/C66H59BN2S/c1-62(2,3)36-24-26-37(27-25-36)69-53-32-41-38-18-12-15-21-45(38)65(8,9)47(41)30-44(53)56-57-40-20-14-17-23-55(40)70-61(57)58-43-31-49-50(64(6,7)29-28-63(49,4)5)35-52(43)68-54-33-42-39-19-13-16-22-46(39)66(10,11)48(42)34-51(54)67(69)59(56)60(58)68/h12-27,30-35H,28-29H2,1-11H3. The predicted molar refractivity (Wildman–Crippen MR) is 302 cm³/mol. The summed E-state index contributed by atoms with van der Waals surface area (Å²) in [6.07, 6.45) is 2.36. The van der Waals surface area contributed by atoms with E-state index in [-0.39, 0.29) is 33.9 Å². The van der Waals surface area contributed by atoms with Crippen molar-refractivity contribution in [2.24, 2.45) is 0 Å². The molecule has 15 rings (SSSR count). The maximum atomic E-state index is 2.79. The summed E-state index contributed by atoms with van der Waals surface area (Å²) in [6.45, 7) is 26.7. The molecule has 0 bridgehead atoms. The summed E-state index contributed by atoms with van der Waals surface area (Å²) in [7, 11) is 0. The third-order valence-corrected chi connectivity index (χ3v) is 19.8. The van der Waals surface area contributed by atoms with Crippen molar-refractivity contribution in [1.82, 2.24) is 4.57 Å². The largest absolute Gasteiger partial charge is 0.376 e. The summed E-state index contributed by atoms with van der Waals surface area (Å²) >= 11 is 2.01. The summed E-state index contributed by atoms with van der Waals surface area (Å²) in [5.74, 6) is 0. The first-order chi connectivity index (χ1) is 33.4. The maximum absolute atomic E-state index is 2.79. The van der Waals surface area contributed by atoms with E-state index in [1.165, 1.54) is 155 Å². The lowest BCUT2D eigenvalue weighted by atomic mass is 9.43. The minimum atomic E-state index is -0.164. The highest BCUT2D eigenvalue weighted by molar-refractivity contribution is 7.27. The van der Waals surface area contributed by atoms with Crippen LogP contribution in [0.25, 0.3) is 81.0 Å². The number of anilines is 2. The van der Waals surface area contributed by atoms with Crippen LogP contribution in [0.5, 0.6) is 0 Å². The van der Waals surface area contributed by atoms with E-state index in [0.717, 1.165) is 0 Å². The zero-order valence-corrected chi connectivity index (χ0v) is 43.3. The molecule has 2 nitrogen and oxygen atoms in total. The van der Waals surface area contributed by atoms with E-state index in [9.17, 15) is 0 Å². The van der Waals surface area contributed by atoms with Crippen molar-refractivity contribution in [3.05, 3.63) is 172 Å². The zero-order valence-electron chi connectivity index (χ0n) is 42.5. The molecule has 0 saturated heterocycles. The average molecular weight is 923 g/mol. The van der Waals surface area contributed by atoms with E-state index < -0.39 is 0 Å². The van der Waals surface area contributed by atoms with Gasteiger partial charge in [-0.3, -0.25) is 0 Å². The van der Waals surface area contributed by atoms with Crippen LogP contribution in [-0.4, -0.2) is 11.4 Å². The van der Waals surface area contributed by atoms with Crippen LogP contribution in [0.4, 0.5) is 11.4 Å². The van der Waals surface area contributed by atoms with Crippen molar-refractivity contribution in [2.45, 2.75) is 116 Å². The van der Waals surface area contributed by atoms with Gasteiger partial charge in [-0.2, -0.15) is 0 Å². The van der Waals surface area contributed by atoms with Gasteiger partial charge in [0.15, 0.2) is 0 Å². The molecule has 342 valence electrons. The number of benzene rings is 8. The van der Waals surface area contributed by atoms with Gasteiger partial charge in [-0.1, -0.05) is 161 Å². The lowest BCUT2D eigenvalue weighted by Gasteiger charge is -2.43. The fourth-order valence-electron chi connectivity index (χ4n) is 14.6. The van der Waals surface area contributed by atoms with E-state index in [1.807, 2.05) is 11.3 Å². The molecule has 0 amide bonds. The molecule has 0 radical (unpaired) electrons. The zero-order chi connectivity index (χ0) is 47.9. The van der Waals surface area contributed by atoms with Gasteiger partial charge >= 0.3 is 6.85 Å². The van der Waals surface area contributed by atoms with E-state index >= 15 is 0 Å². The van der Waals surface area contributed by atoms with Crippen LogP contribution in [-0.2, 0) is 27.1 Å². The lowest BCUT2D eigenvalue weighted by Crippen LogP contribution is -2.60. The van der Waals surface area contributed by atoms with E-state index in [2.05, 4.69) is 219 Å². The molecular formula is C66H59BN2S. The van der Waals surface area contributed by atoms with Crippen LogP contribution in [0.3, 0.4) is 0 Å². The maximum Gasteiger partial charge on any atom is 0.333 e. The first-order valence-electron chi connectivity index (χ1n) is 25.8. The molecule has 0 fully saturated rings. The Morgan fingerprint density at radius 1 is 0.514 bits per heavy atom. The normalized spacial score (nSPS) is 17.9. The number of aromatic nitrogens is 1. The Morgan fingerprint density at radius 3 is 1.76 bits per heavy atom. The van der Waals surface area contributed by atoms with Gasteiger partial charge in [-0.15, -0.1) is 11.3 Å². The van der Waals surface area contributed by atoms with Crippen molar-refractivity contribution in [3.63, 3.8) is 0 Å². The molecule has 0 saturated carbocycles. The quantitative estimate of drug-likeness (QED) is 0.149. The summed E-state index contributed by atoms with van der Waals surface area (Å²) in [5.41, 5.74) is 27.5. The molecule has 10 aromatic rings. The van der Waals surface area contributed by atoms with Crippen LogP contribution in [0.2, 0.25) is 0 Å². The molecule has 2 aliphatic heterocycles. The third-order valence-electron chi connectivity index (χ3n) is 18.6. The summed E-state index contributed by atoms with van der Waals surface area (Å²) in [4.78, 5) is 2.79. The number of hydrogen-bond acceptors (Lipinski definition) is 2. The van der Waals surface area contributed by atoms with Crippen LogP contribution in [0, 0.1) is 0 Å². The second-order valence-electron chi connectivity index (χ2n) is 25.1. The molecule has 70 heavy (non-hydrogen) atoms. The van der Waals surface area contributed by atoms with Gasteiger partial charge in [-0.05, 0) is 155 Å². The number of rotatable bonds is 1. The SMILES string of the molecule is CC(C)(C)c1ccc(N2B3c4cc5c(cc4-n4c6cc7c(cc6c6c8sc9ccccc9c8c(c3c64)-c3cc4c(cc32)-c2ccccc2C4(C)C)C(C)(C)CCC7(C)C)-c2ccccc2C5(C)C)cc1. The van der Waals surface area contributed by atoms with Crippen molar-refractivity contribution in [3.8, 4) is 39.1 Å². The highest BCUT2D eigenvalue weighted by Crippen LogP contribution is 2.59. The Labute approximate surface area is 417 Å². The van der Waals surface area contributed by atoms with Crippen LogP contribution in [0.15, 0.2) is 133 Å². The van der Waals surface area contributed by atoms with Gasteiger partial charge in [0.1, 0.15) is 0 Å². The first-order valence-corrected chi connectivity index (χ1v) is 26.7. The lowest BCUT2D eigenvalue weighted by molar-refractivity contribution is 0.332. The van der Waals surface area contributed by atoms with E-state index in [0.29, 0.717) is 0 Å². The Kier molecular flexibility index (Phi) is 7.66. The summed E-state index contributed by atoms with van der Waals surface area (Å²) in [5, 5.41) is 5.59. The van der Waals surface area contributed by atoms with Crippen LogP contribution >= 0.6 is 11.3 Å². The number of fused-ring (bicyclic) bond motifs is 20. The van der Waals surface area contributed by atoms with Gasteiger partial charge in [-0.25, -0.2) is 0 Å². The van der Waals surface area contributed by atoms with Crippen molar-refractivity contribution < 1.29 is 0 Å². The molecule has 4 heterocycles. The Bertz CT molecular complexity index is 4050. The Morgan fingerprint density at radius 2 is 1.10 bits per heavy atom. The van der Waals surface area contributed by atoms with E-state index in [1.54, 1.807) is 0 Å². The fraction of sp³-hybridized carbons (Fsp3) is 0.273. The number of hydrogen-bond donors (Lipinski definition) is 0. The molecule has 5 aliphatic rings. The Balaban J connectivity index is 1.19. The molecule has 2 aromatic heterocycles. The third kappa shape index (κ3) is 4.97. The van der Waals surface area contributed by atoms with Gasteiger partial charge in [0.2, 0.25) is 0 Å². The average Bonchev–Trinajstić information content (AvgIpc) is 4.02. The highest BCUT2D eigenvalue weighted by Gasteiger charge is 2.50. The summed E-state index contributed by atoms with van der Waals surface area (Å²) in [6, 6.07) is 53.3. The Hall–Kier alpha value is -6.36. The van der Waals surface area contributed by atoms with Gasteiger partial charge < -0.3 is 9.38 Å².